The summed E-state index contributed by atoms with van der Waals surface area (Å²) < 4.78 is 42.5. The number of nitro groups is 1. The first-order valence-corrected chi connectivity index (χ1v) is 27.3. The molecule has 0 aliphatic carbocycles. The largest absolute Gasteiger partial charge is 0.493 e. The van der Waals surface area contributed by atoms with E-state index in [1.165, 1.54) is 36.2 Å². The Hall–Kier alpha value is -6.91. The molecule has 78 heavy (non-hydrogen) atoms. The number of carbonyl (C=O) groups is 8. The Bertz CT molecular complexity index is 2660. The Morgan fingerprint density at radius 3 is 2.15 bits per heavy atom. The lowest BCUT2D eigenvalue weighted by atomic mass is 9.97. The summed E-state index contributed by atoms with van der Waals surface area (Å²) in [4.78, 5) is 125. The van der Waals surface area contributed by atoms with E-state index in [9.17, 15) is 48.5 Å². The number of methoxy groups -OCH3 is 1. The molecule has 4 amide bonds. The molecular weight excluding hydrogens is 1060 g/mol. The number of carbonyl (C=O) groups excluding carboxylic acids is 8. The first-order chi connectivity index (χ1) is 37.1. The minimum absolute atomic E-state index is 0.0107. The molecule has 428 valence electrons. The van der Waals surface area contributed by atoms with Crippen LogP contribution in [0.1, 0.15) is 111 Å². The SMILES string of the molecule is CCSC(SCC)[C@H]1CCCN1C(=O)c1cc(OC)c(OCCCC(=O)Nc2cc(C(=O)Nc3cn(C)c(C(=O)NCCCN(C)C)n3)n([C@H]3O[C@H](COC(C)=O)[C@@H](OC(C)=O)[C@@H](OC(C)=O)[C@H]3OC(C)=O)c2)cc1[N+](=O)[O-]. The van der Waals surface area contributed by atoms with E-state index in [2.05, 4.69) is 20.9 Å². The van der Waals surface area contributed by atoms with Gasteiger partial charge in [-0.1, -0.05) is 13.8 Å². The van der Waals surface area contributed by atoms with Gasteiger partial charge in [-0.05, 0) is 63.9 Å². The molecule has 28 heteroatoms. The molecule has 0 bridgehead atoms. The summed E-state index contributed by atoms with van der Waals surface area (Å²) in [5, 5.41) is 20.6. The van der Waals surface area contributed by atoms with Gasteiger partial charge in [-0.3, -0.25) is 48.5 Å². The number of hydrogen-bond acceptors (Lipinski definition) is 21. The second kappa shape index (κ2) is 29.2. The van der Waals surface area contributed by atoms with Crippen LogP contribution < -0.4 is 25.4 Å². The fourth-order valence-corrected chi connectivity index (χ4v) is 11.7. The van der Waals surface area contributed by atoms with E-state index in [0.717, 1.165) is 69.2 Å². The quantitative estimate of drug-likeness (QED) is 0.0235. The lowest BCUT2D eigenvalue weighted by molar-refractivity contribution is -0.385. The minimum Gasteiger partial charge on any atom is -0.493 e. The molecule has 6 atom stereocenters. The molecule has 2 saturated heterocycles. The van der Waals surface area contributed by atoms with Crippen molar-refractivity contribution in [2.75, 3.05) is 76.2 Å². The van der Waals surface area contributed by atoms with Crippen LogP contribution in [-0.4, -0.2) is 177 Å². The van der Waals surface area contributed by atoms with E-state index in [0.29, 0.717) is 19.5 Å². The highest BCUT2D eigenvalue weighted by atomic mass is 32.2. The lowest BCUT2D eigenvalue weighted by Gasteiger charge is -2.45. The van der Waals surface area contributed by atoms with Gasteiger partial charge < -0.3 is 68.0 Å². The highest BCUT2D eigenvalue weighted by Crippen LogP contribution is 2.40. The van der Waals surface area contributed by atoms with Crippen LogP contribution in [0.4, 0.5) is 17.2 Å². The summed E-state index contributed by atoms with van der Waals surface area (Å²) in [7, 11) is 6.69. The predicted molar refractivity (Wildman–Crippen MR) is 285 cm³/mol. The highest BCUT2D eigenvalue weighted by molar-refractivity contribution is 8.17. The van der Waals surface area contributed by atoms with Crippen molar-refractivity contribution in [1.82, 2.24) is 29.2 Å². The Morgan fingerprint density at radius 2 is 1.54 bits per heavy atom. The maximum Gasteiger partial charge on any atom is 0.303 e. The van der Waals surface area contributed by atoms with Crippen molar-refractivity contribution in [3.63, 3.8) is 0 Å². The number of thioether (sulfide) groups is 2. The number of nitrogens with zero attached hydrogens (tertiary/aromatic N) is 6. The standard InChI is InChI=1S/C50H69N9O17S2/c1-11-77-50(78-12-2)34-16-13-20-57(34)48(67)33-23-37(70-10)38(24-35(33)59(68)69)71-21-14-17-41(64)52-32-22-36(46(65)54-40-26-56(9)45(53-40)47(66)51-18-15-19-55(7)8)58(25-32)49-44(75-31(6)63)43(74-30(5)62)42(73-29(4)61)39(76-49)27-72-28(3)60/h22-26,34,39,42-44,49-50H,11-21,27H2,1-10H3,(H,51,66)(H,52,64)(H,54,65)/t34-,39-,42-,43-,44-,49+/m1/s1. The fourth-order valence-electron chi connectivity index (χ4n) is 8.83. The van der Waals surface area contributed by atoms with E-state index < -0.39 is 95.4 Å². The van der Waals surface area contributed by atoms with Crippen molar-refractivity contribution in [2.24, 2.45) is 7.05 Å². The zero-order valence-corrected chi connectivity index (χ0v) is 47.0. The van der Waals surface area contributed by atoms with Gasteiger partial charge in [0.25, 0.3) is 23.4 Å². The number of anilines is 2. The summed E-state index contributed by atoms with van der Waals surface area (Å²) in [5.41, 5.74) is -0.892. The molecule has 2 aliphatic heterocycles. The molecule has 0 spiro atoms. The number of imidazole rings is 1. The van der Waals surface area contributed by atoms with Crippen LogP contribution in [0.2, 0.25) is 0 Å². The predicted octanol–water partition coefficient (Wildman–Crippen LogP) is 4.56. The molecule has 0 radical (unpaired) electrons. The molecular formula is C50H69N9O17S2. The van der Waals surface area contributed by atoms with Crippen molar-refractivity contribution in [2.45, 2.75) is 115 Å². The van der Waals surface area contributed by atoms with E-state index >= 15 is 0 Å². The topological polar surface area (TPSA) is 310 Å². The molecule has 2 fully saturated rings. The Kier molecular flexibility index (Phi) is 23.2. The molecule has 2 aliphatic rings. The van der Waals surface area contributed by atoms with Crippen molar-refractivity contribution < 1.29 is 76.4 Å². The summed E-state index contributed by atoms with van der Waals surface area (Å²) in [6, 6.07) is 3.57. The van der Waals surface area contributed by atoms with Crippen LogP contribution in [-0.2, 0) is 54.7 Å². The van der Waals surface area contributed by atoms with E-state index in [1.54, 1.807) is 35.5 Å². The summed E-state index contributed by atoms with van der Waals surface area (Å²) in [6.45, 7) is 9.19. The Balaban J connectivity index is 1.43. The van der Waals surface area contributed by atoms with Gasteiger partial charge in [0, 0.05) is 72.7 Å². The van der Waals surface area contributed by atoms with Crippen LogP contribution in [0, 0.1) is 10.1 Å². The molecule has 3 N–H and O–H groups in total. The van der Waals surface area contributed by atoms with E-state index in [-0.39, 0.29) is 70.2 Å². The minimum atomic E-state index is -1.67. The third-order valence-electron chi connectivity index (χ3n) is 12.0. The van der Waals surface area contributed by atoms with Gasteiger partial charge in [0.1, 0.15) is 24.0 Å². The van der Waals surface area contributed by atoms with Crippen molar-refractivity contribution in [3.05, 3.63) is 57.8 Å². The number of nitrogens with one attached hydrogen (secondary N) is 3. The summed E-state index contributed by atoms with van der Waals surface area (Å²) in [6.07, 6.45) is -3.17. The zero-order chi connectivity index (χ0) is 57.4. The molecule has 1 aromatic carbocycles. The van der Waals surface area contributed by atoms with Crippen LogP contribution in [0.15, 0.2) is 30.6 Å². The number of aromatic nitrogens is 3. The number of rotatable bonds is 27. The van der Waals surface area contributed by atoms with Gasteiger partial charge in [0.15, 0.2) is 41.9 Å². The van der Waals surface area contributed by atoms with Gasteiger partial charge in [0.05, 0.1) is 41.0 Å². The first-order valence-electron chi connectivity index (χ1n) is 25.2. The van der Waals surface area contributed by atoms with E-state index in [4.69, 9.17) is 33.2 Å². The zero-order valence-electron chi connectivity index (χ0n) is 45.4. The number of esters is 4. The van der Waals surface area contributed by atoms with Crippen LogP contribution in [0.3, 0.4) is 0 Å². The Labute approximate surface area is 459 Å². The maximum atomic E-state index is 14.4. The average Bonchev–Trinajstić information content (AvgIpc) is 4.19. The van der Waals surface area contributed by atoms with Crippen molar-refractivity contribution >= 4 is 88.2 Å². The van der Waals surface area contributed by atoms with Gasteiger partial charge >= 0.3 is 23.9 Å². The molecule has 0 unspecified atom stereocenters. The number of likely N-dealkylation sites (tertiary alicyclic amines) is 1. The summed E-state index contributed by atoms with van der Waals surface area (Å²) >= 11 is 3.48. The lowest BCUT2D eigenvalue weighted by Crippen LogP contribution is -2.60. The van der Waals surface area contributed by atoms with Crippen molar-refractivity contribution in [3.8, 4) is 11.5 Å². The summed E-state index contributed by atoms with van der Waals surface area (Å²) in [5.74, 6) is -4.26. The first kappa shape index (κ1) is 61.9. The molecule has 4 heterocycles. The molecule has 3 aromatic rings. The fraction of sp³-hybridized carbons (Fsp3) is 0.580. The number of aryl methyl sites for hydroxylation is 1. The monoisotopic (exact) mass is 1130 g/mol. The van der Waals surface area contributed by atoms with Crippen LogP contribution in [0.25, 0.3) is 0 Å². The number of amides is 4. The van der Waals surface area contributed by atoms with Gasteiger partial charge in [-0.25, -0.2) is 4.98 Å². The number of hydrogen-bond donors (Lipinski definition) is 3. The number of nitro benzene ring substituents is 1. The third kappa shape index (κ3) is 16.8. The number of ether oxygens (including phenoxy) is 7. The molecule has 2 aromatic heterocycles. The van der Waals surface area contributed by atoms with Crippen LogP contribution in [0.5, 0.6) is 11.5 Å². The highest BCUT2D eigenvalue weighted by Gasteiger charge is 2.53. The second-order valence-corrected chi connectivity index (χ2v) is 21.4. The Morgan fingerprint density at radius 1 is 0.872 bits per heavy atom. The number of benzene rings is 1. The van der Waals surface area contributed by atoms with Crippen molar-refractivity contribution in [1.29, 1.82) is 0 Å². The molecule has 0 saturated carbocycles. The van der Waals surface area contributed by atoms with E-state index in [1.807, 2.05) is 32.8 Å². The van der Waals surface area contributed by atoms with Gasteiger partial charge in [-0.2, -0.15) is 0 Å². The average molecular weight is 1130 g/mol. The smallest absolute Gasteiger partial charge is 0.303 e. The van der Waals surface area contributed by atoms with Gasteiger partial charge in [-0.15, -0.1) is 23.5 Å². The van der Waals surface area contributed by atoms with Crippen LogP contribution >= 0.6 is 23.5 Å². The normalized spacial score (nSPS) is 18.9. The van der Waals surface area contributed by atoms with Gasteiger partial charge in [0.2, 0.25) is 11.7 Å². The molecule has 5 rings (SSSR count). The third-order valence-corrected chi connectivity index (χ3v) is 14.8. The second-order valence-electron chi connectivity index (χ2n) is 18.3. The molecule has 26 nitrogen and oxygen atoms in total. The maximum absolute atomic E-state index is 14.4.